The number of hydrogen-bond acceptors (Lipinski definition) is 3. The van der Waals surface area contributed by atoms with E-state index in [4.69, 9.17) is 9.57 Å². The fourth-order valence-corrected chi connectivity index (χ4v) is 2.10. The highest BCUT2D eigenvalue weighted by Gasteiger charge is 2.26. The van der Waals surface area contributed by atoms with Crippen molar-refractivity contribution < 1.29 is 14.6 Å². The maximum Gasteiger partial charge on any atom is 0.230 e. The van der Waals surface area contributed by atoms with Crippen molar-refractivity contribution in [1.82, 2.24) is 0 Å². The number of rotatable bonds is 2. The van der Waals surface area contributed by atoms with Crippen LogP contribution in [0.25, 0.3) is 0 Å². The molecule has 0 aliphatic carbocycles. The highest BCUT2D eigenvalue weighted by Crippen LogP contribution is 2.03. The van der Waals surface area contributed by atoms with Gasteiger partial charge in [0.1, 0.15) is 6.54 Å². The van der Waals surface area contributed by atoms with Gasteiger partial charge in [-0.15, -0.1) is 11.8 Å². The molecule has 2 unspecified atom stereocenters. The maximum atomic E-state index is 5.21. The Morgan fingerprint density at radius 2 is 2.30 bits per heavy atom. The van der Waals surface area contributed by atoms with Gasteiger partial charge in [0.25, 0.3) is 0 Å². The van der Waals surface area contributed by atoms with Crippen LogP contribution < -0.4 is 5.06 Å². The van der Waals surface area contributed by atoms with Crippen LogP contribution in [0, 0.1) is 0 Å². The van der Waals surface area contributed by atoms with E-state index in [0.29, 0.717) is 0 Å². The van der Waals surface area contributed by atoms with Crippen LogP contribution in [0.3, 0.4) is 0 Å². The lowest BCUT2D eigenvalue weighted by atomic mass is 10.5. The molecule has 0 bridgehead atoms. The van der Waals surface area contributed by atoms with Gasteiger partial charge in [-0.2, -0.15) is 5.06 Å². The van der Waals surface area contributed by atoms with Crippen LogP contribution >= 0.6 is 11.8 Å². The van der Waals surface area contributed by atoms with Crippen molar-refractivity contribution in [3.8, 4) is 0 Å². The summed E-state index contributed by atoms with van der Waals surface area (Å²) in [6, 6.07) is 0. The Bertz CT molecular complexity index is 89.7. The number of hydroxylamine groups is 2. The molecule has 2 atom stereocenters. The van der Waals surface area contributed by atoms with Crippen LogP contribution in [-0.2, 0) is 9.57 Å². The van der Waals surface area contributed by atoms with Crippen molar-refractivity contribution in [3.05, 3.63) is 0 Å². The number of methoxy groups -OCH3 is 1. The third-order valence-corrected chi connectivity index (χ3v) is 2.70. The molecule has 1 saturated heterocycles. The van der Waals surface area contributed by atoms with E-state index < -0.39 is 0 Å². The van der Waals surface area contributed by atoms with E-state index in [1.165, 1.54) is 5.75 Å². The predicted molar refractivity (Wildman–Crippen MR) is 41.0 cm³/mol. The third-order valence-electron chi connectivity index (χ3n) is 1.67. The summed E-state index contributed by atoms with van der Waals surface area (Å²) in [6.07, 6.45) is 0.226. The van der Waals surface area contributed by atoms with Gasteiger partial charge in [0.15, 0.2) is 0 Å². The fraction of sp³-hybridized carbons (Fsp3) is 1.00. The first-order valence-electron chi connectivity index (χ1n) is 3.38. The average Bonchev–Trinajstić information content (AvgIpc) is 2.04. The van der Waals surface area contributed by atoms with Crippen LogP contribution in [0.2, 0.25) is 0 Å². The van der Waals surface area contributed by atoms with Crippen molar-refractivity contribution in [2.45, 2.75) is 6.23 Å². The van der Waals surface area contributed by atoms with Gasteiger partial charge in [-0.25, -0.2) is 4.84 Å². The van der Waals surface area contributed by atoms with Crippen LogP contribution in [0.5, 0.6) is 0 Å². The first-order valence-corrected chi connectivity index (χ1v) is 4.54. The summed E-state index contributed by atoms with van der Waals surface area (Å²) in [6.45, 7) is 1.04. The van der Waals surface area contributed by atoms with E-state index in [1.54, 1.807) is 14.2 Å². The minimum atomic E-state index is 0.226. The van der Waals surface area contributed by atoms with Gasteiger partial charge in [0, 0.05) is 12.9 Å². The highest BCUT2D eigenvalue weighted by atomic mass is 32.2. The zero-order chi connectivity index (χ0) is 7.40. The monoisotopic (exact) mass is 164 g/mol. The Morgan fingerprint density at radius 1 is 1.50 bits per heavy atom. The van der Waals surface area contributed by atoms with Crippen molar-refractivity contribution in [3.63, 3.8) is 0 Å². The summed E-state index contributed by atoms with van der Waals surface area (Å²) in [7, 11) is 3.45. The molecule has 1 fully saturated rings. The molecule has 10 heavy (non-hydrogen) atoms. The van der Waals surface area contributed by atoms with Gasteiger partial charge >= 0.3 is 0 Å². The number of ether oxygens (including phenoxy) is 1. The molecule has 0 aromatic heterocycles. The largest absolute Gasteiger partial charge is 0.329 e. The normalized spacial score (nSPS) is 34.2. The molecule has 3 nitrogen and oxygen atoms in total. The van der Waals surface area contributed by atoms with Gasteiger partial charge in [-0.3, -0.25) is 0 Å². The average molecular weight is 164 g/mol. The first-order chi connectivity index (χ1) is 4.88. The van der Waals surface area contributed by atoms with Gasteiger partial charge in [-0.1, -0.05) is 0 Å². The second-order valence-corrected chi connectivity index (χ2v) is 3.37. The predicted octanol–water partition coefficient (Wildman–Crippen LogP) is -0.848. The summed E-state index contributed by atoms with van der Waals surface area (Å²) in [5.41, 5.74) is 0. The molecule has 0 aromatic carbocycles. The summed E-state index contributed by atoms with van der Waals surface area (Å²) >= 11 is 1.92. The van der Waals surface area contributed by atoms with E-state index in [2.05, 4.69) is 0 Å². The molecule has 60 valence electrons. The Morgan fingerprint density at radius 3 is 2.80 bits per heavy atom. The Labute approximate surface area is 65.6 Å². The second-order valence-electron chi connectivity index (χ2n) is 2.22. The number of thioether (sulfide) groups is 1. The topological polar surface area (TPSA) is 22.9 Å². The lowest BCUT2D eigenvalue weighted by Gasteiger charge is -2.27. The molecule has 0 spiro atoms. The fourth-order valence-electron chi connectivity index (χ4n) is 1.05. The minimum absolute atomic E-state index is 0.226. The summed E-state index contributed by atoms with van der Waals surface area (Å²) in [4.78, 5) is 5.17. The maximum absolute atomic E-state index is 5.21. The molecule has 0 radical (unpaired) electrons. The van der Waals surface area contributed by atoms with Crippen molar-refractivity contribution in [2.75, 3.05) is 32.3 Å². The van der Waals surface area contributed by atoms with E-state index >= 15 is 0 Å². The third kappa shape index (κ3) is 1.85. The Hall–Kier alpha value is 0.230. The lowest BCUT2D eigenvalue weighted by molar-refractivity contribution is -1.12. The molecule has 1 N–H and O–H groups in total. The van der Waals surface area contributed by atoms with E-state index in [0.717, 1.165) is 17.4 Å². The van der Waals surface area contributed by atoms with Crippen LogP contribution in [0.15, 0.2) is 0 Å². The summed E-state index contributed by atoms with van der Waals surface area (Å²) in [5, 5.41) is 1.10. The number of hydrogen-bond donors (Lipinski definition) is 1. The number of quaternary nitrogens is 1. The molecule has 0 saturated carbocycles. The zero-order valence-electron chi connectivity index (χ0n) is 6.42. The first kappa shape index (κ1) is 8.33. The summed E-state index contributed by atoms with van der Waals surface area (Å²) < 4.78 is 5.21. The smallest absolute Gasteiger partial charge is 0.230 e. The quantitative estimate of drug-likeness (QED) is 0.575. The number of nitrogens with one attached hydrogen (secondary N) is 1. The molecule has 1 aliphatic rings. The Balaban J connectivity index is 2.34. The SMILES string of the molecule is COC1CSCC[NH+]1OC. The molecule has 4 heteroatoms. The van der Waals surface area contributed by atoms with Crippen LogP contribution in [0.1, 0.15) is 0 Å². The van der Waals surface area contributed by atoms with Crippen molar-refractivity contribution in [2.24, 2.45) is 0 Å². The summed E-state index contributed by atoms with van der Waals surface area (Å²) in [5.74, 6) is 2.21. The second kappa shape index (κ2) is 4.18. The molecule has 1 aliphatic heterocycles. The van der Waals surface area contributed by atoms with E-state index in [1.807, 2.05) is 11.8 Å². The van der Waals surface area contributed by atoms with Crippen LogP contribution in [0.4, 0.5) is 0 Å². The standard InChI is InChI=1S/C6H13NO2S/c1-8-6-5-10-4-3-7(6)9-2/h6H,3-5H2,1-2H3/p+1. The Kier molecular flexibility index (Phi) is 3.48. The van der Waals surface area contributed by atoms with Gasteiger partial charge < -0.3 is 4.74 Å². The molecule has 1 heterocycles. The lowest BCUT2D eigenvalue weighted by Crippen LogP contribution is -3.16. The molecular formula is C6H14NO2S+. The molecule has 1 rings (SSSR count). The molecule has 0 aromatic rings. The van der Waals surface area contributed by atoms with Crippen LogP contribution in [-0.4, -0.2) is 38.5 Å². The minimum Gasteiger partial charge on any atom is -0.329 e. The molecule has 0 amide bonds. The van der Waals surface area contributed by atoms with Crippen molar-refractivity contribution in [1.29, 1.82) is 0 Å². The van der Waals surface area contributed by atoms with Gasteiger partial charge in [-0.05, 0) is 0 Å². The van der Waals surface area contributed by atoms with Gasteiger partial charge in [0.05, 0.1) is 12.9 Å². The van der Waals surface area contributed by atoms with Crippen molar-refractivity contribution >= 4 is 11.8 Å². The van der Waals surface area contributed by atoms with E-state index in [9.17, 15) is 0 Å². The highest BCUT2D eigenvalue weighted by molar-refractivity contribution is 7.99. The molecular weight excluding hydrogens is 150 g/mol. The van der Waals surface area contributed by atoms with E-state index in [-0.39, 0.29) is 6.23 Å². The van der Waals surface area contributed by atoms with Gasteiger partial charge in [0.2, 0.25) is 6.23 Å². The zero-order valence-corrected chi connectivity index (χ0v) is 7.24.